The third kappa shape index (κ3) is 3.33. The number of fused-ring (bicyclic) bond motifs is 3. The lowest BCUT2D eigenvalue weighted by atomic mass is 9.84. The Bertz CT molecular complexity index is 866. The Morgan fingerprint density at radius 2 is 1.96 bits per heavy atom. The third-order valence-electron chi connectivity index (χ3n) is 5.17. The van der Waals surface area contributed by atoms with E-state index < -0.39 is 5.60 Å². The van der Waals surface area contributed by atoms with E-state index in [1.807, 2.05) is 37.8 Å². The van der Waals surface area contributed by atoms with Gasteiger partial charge in [-0.2, -0.15) is 0 Å². The molecule has 4 nitrogen and oxygen atoms in total. The van der Waals surface area contributed by atoms with Crippen molar-refractivity contribution in [2.45, 2.75) is 64.1 Å². The molecular weight excluding hydrogens is 324 g/mol. The van der Waals surface area contributed by atoms with Gasteiger partial charge in [0.25, 0.3) is 0 Å². The van der Waals surface area contributed by atoms with Crippen LogP contribution in [0.5, 0.6) is 0 Å². The molecule has 0 radical (unpaired) electrons. The molecule has 4 heteroatoms. The van der Waals surface area contributed by atoms with Crippen LogP contribution in [0.1, 0.15) is 52.1 Å². The standard InChI is InChI=1S/C22H26N2O2/c1-22(2,3)26-21(25)24-17-8-6-9-18(24)14-16(13-17)20-12-11-15-7-4-5-10-19(15)23-20/h4-5,7,10-13,17-18H,6,8-9,14H2,1-3H3. The lowest BCUT2D eigenvalue weighted by Crippen LogP contribution is -2.53. The Morgan fingerprint density at radius 1 is 1.15 bits per heavy atom. The van der Waals surface area contributed by atoms with Crippen LogP contribution in [0.2, 0.25) is 0 Å². The van der Waals surface area contributed by atoms with Gasteiger partial charge in [0.2, 0.25) is 0 Å². The molecule has 1 saturated heterocycles. The number of aromatic nitrogens is 1. The summed E-state index contributed by atoms with van der Waals surface area (Å²) in [5.74, 6) is 0. The average molecular weight is 350 g/mol. The van der Waals surface area contributed by atoms with Crippen LogP contribution < -0.4 is 0 Å². The maximum atomic E-state index is 12.7. The quantitative estimate of drug-likeness (QED) is 0.711. The number of benzene rings is 1. The molecule has 2 aromatic rings. The van der Waals surface area contributed by atoms with Crippen LogP contribution >= 0.6 is 0 Å². The second-order valence-corrected chi connectivity index (χ2v) is 8.32. The number of piperidine rings is 1. The van der Waals surface area contributed by atoms with Crippen molar-refractivity contribution in [3.8, 4) is 0 Å². The molecule has 1 aromatic carbocycles. The molecule has 2 aliphatic rings. The number of nitrogens with zero attached hydrogens (tertiary/aromatic N) is 2. The largest absolute Gasteiger partial charge is 0.444 e. The third-order valence-corrected chi connectivity index (χ3v) is 5.17. The zero-order valence-corrected chi connectivity index (χ0v) is 15.7. The second kappa shape index (κ2) is 6.42. The molecule has 2 bridgehead atoms. The second-order valence-electron chi connectivity index (χ2n) is 8.32. The normalized spacial score (nSPS) is 22.9. The van der Waals surface area contributed by atoms with E-state index in [0.717, 1.165) is 42.3 Å². The predicted molar refractivity (Wildman–Crippen MR) is 104 cm³/mol. The van der Waals surface area contributed by atoms with E-state index in [1.165, 1.54) is 5.57 Å². The highest BCUT2D eigenvalue weighted by Gasteiger charge is 2.39. The fourth-order valence-electron chi connectivity index (χ4n) is 4.06. The number of amides is 1. The zero-order chi connectivity index (χ0) is 18.3. The Hall–Kier alpha value is -2.36. The fourth-order valence-corrected chi connectivity index (χ4v) is 4.06. The van der Waals surface area contributed by atoms with Gasteiger partial charge in [-0.3, -0.25) is 4.90 Å². The molecule has 3 heterocycles. The van der Waals surface area contributed by atoms with Crippen LogP contribution in [0.4, 0.5) is 4.79 Å². The smallest absolute Gasteiger partial charge is 0.411 e. The van der Waals surface area contributed by atoms with Crippen LogP contribution in [0.25, 0.3) is 16.5 Å². The summed E-state index contributed by atoms with van der Waals surface area (Å²) in [5.41, 5.74) is 2.84. The molecule has 0 spiro atoms. The molecule has 0 N–H and O–H groups in total. The number of hydrogen-bond donors (Lipinski definition) is 0. The van der Waals surface area contributed by atoms with E-state index in [0.29, 0.717) is 0 Å². The van der Waals surface area contributed by atoms with Crippen molar-refractivity contribution in [1.29, 1.82) is 0 Å². The Labute approximate surface area is 154 Å². The number of carbonyl (C=O) groups excluding carboxylic acids is 1. The van der Waals surface area contributed by atoms with Crippen molar-refractivity contribution in [3.63, 3.8) is 0 Å². The van der Waals surface area contributed by atoms with E-state index in [2.05, 4.69) is 30.3 Å². The van der Waals surface area contributed by atoms with E-state index in [1.54, 1.807) is 0 Å². The van der Waals surface area contributed by atoms with Gasteiger partial charge < -0.3 is 4.74 Å². The maximum Gasteiger partial charge on any atom is 0.411 e. The molecule has 26 heavy (non-hydrogen) atoms. The average Bonchev–Trinajstić information content (AvgIpc) is 2.58. The van der Waals surface area contributed by atoms with Crippen LogP contribution in [0.3, 0.4) is 0 Å². The highest BCUT2D eigenvalue weighted by Crippen LogP contribution is 2.37. The molecule has 1 fully saturated rings. The van der Waals surface area contributed by atoms with E-state index in [-0.39, 0.29) is 18.2 Å². The summed E-state index contributed by atoms with van der Waals surface area (Å²) < 4.78 is 5.65. The zero-order valence-electron chi connectivity index (χ0n) is 15.7. The monoisotopic (exact) mass is 350 g/mol. The summed E-state index contributed by atoms with van der Waals surface area (Å²) >= 11 is 0. The first-order valence-corrected chi connectivity index (χ1v) is 9.49. The van der Waals surface area contributed by atoms with Gasteiger partial charge in [-0.25, -0.2) is 9.78 Å². The van der Waals surface area contributed by atoms with E-state index in [4.69, 9.17) is 9.72 Å². The minimum absolute atomic E-state index is 0.112. The number of ether oxygens (including phenoxy) is 1. The Kier molecular flexibility index (Phi) is 4.22. The summed E-state index contributed by atoms with van der Waals surface area (Å²) in [4.78, 5) is 19.5. The number of para-hydroxylation sites is 1. The summed E-state index contributed by atoms with van der Waals surface area (Å²) in [7, 11) is 0. The van der Waals surface area contributed by atoms with E-state index in [9.17, 15) is 4.79 Å². The topological polar surface area (TPSA) is 42.4 Å². The van der Waals surface area contributed by atoms with Crippen molar-refractivity contribution in [3.05, 3.63) is 48.2 Å². The van der Waals surface area contributed by atoms with Gasteiger partial charge in [-0.05, 0) is 64.2 Å². The van der Waals surface area contributed by atoms with Gasteiger partial charge in [0.1, 0.15) is 5.60 Å². The lowest BCUT2D eigenvalue weighted by Gasteiger charge is -2.45. The predicted octanol–water partition coefficient (Wildman–Crippen LogP) is 5.18. The number of carbonyl (C=O) groups is 1. The molecular formula is C22H26N2O2. The highest BCUT2D eigenvalue weighted by atomic mass is 16.6. The van der Waals surface area contributed by atoms with Gasteiger partial charge in [0, 0.05) is 11.4 Å². The summed E-state index contributed by atoms with van der Waals surface area (Å²) in [5, 5.41) is 1.16. The molecule has 2 atom stereocenters. The molecule has 0 saturated carbocycles. The van der Waals surface area contributed by atoms with Crippen LogP contribution in [-0.2, 0) is 4.74 Å². The minimum atomic E-state index is -0.463. The van der Waals surface area contributed by atoms with Gasteiger partial charge in [-0.15, -0.1) is 0 Å². The SMILES string of the molecule is CC(C)(C)OC(=O)N1C2C=C(c3ccc4ccccc4n3)CC1CCC2. The summed E-state index contributed by atoms with van der Waals surface area (Å²) in [6.45, 7) is 5.76. The van der Waals surface area contributed by atoms with Gasteiger partial charge in [-0.1, -0.05) is 30.3 Å². The molecule has 4 rings (SSSR count). The van der Waals surface area contributed by atoms with Crippen molar-refractivity contribution in [2.75, 3.05) is 0 Å². The van der Waals surface area contributed by atoms with Crippen LogP contribution in [-0.4, -0.2) is 33.7 Å². The molecule has 1 aromatic heterocycles. The molecule has 2 unspecified atom stereocenters. The van der Waals surface area contributed by atoms with Crippen molar-refractivity contribution in [2.24, 2.45) is 0 Å². The van der Waals surface area contributed by atoms with Crippen molar-refractivity contribution >= 4 is 22.6 Å². The summed E-state index contributed by atoms with van der Waals surface area (Å²) in [6, 6.07) is 12.7. The first-order chi connectivity index (χ1) is 12.4. The summed E-state index contributed by atoms with van der Waals surface area (Å²) in [6.07, 6.45) is 6.07. The van der Waals surface area contributed by atoms with Gasteiger partial charge >= 0.3 is 6.09 Å². The van der Waals surface area contributed by atoms with Crippen molar-refractivity contribution < 1.29 is 9.53 Å². The van der Waals surface area contributed by atoms with Gasteiger partial charge in [0.15, 0.2) is 0 Å². The maximum absolute atomic E-state index is 12.7. The number of pyridine rings is 1. The first-order valence-electron chi connectivity index (χ1n) is 9.49. The van der Waals surface area contributed by atoms with Gasteiger partial charge in [0.05, 0.1) is 17.3 Å². The number of rotatable bonds is 1. The lowest BCUT2D eigenvalue weighted by molar-refractivity contribution is 0.0000674. The number of hydrogen-bond acceptors (Lipinski definition) is 3. The minimum Gasteiger partial charge on any atom is -0.444 e. The molecule has 0 aliphatic carbocycles. The molecule has 2 aliphatic heterocycles. The van der Waals surface area contributed by atoms with Crippen LogP contribution in [0, 0.1) is 0 Å². The first kappa shape index (κ1) is 17.1. The van der Waals surface area contributed by atoms with Crippen LogP contribution in [0.15, 0.2) is 42.5 Å². The Balaban J connectivity index is 1.64. The van der Waals surface area contributed by atoms with E-state index >= 15 is 0 Å². The highest BCUT2D eigenvalue weighted by molar-refractivity contribution is 5.81. The molecule has 136 valence electrons. The fraction of sp³-hybridized carbons (Fsp3) is 0.455. The Morgan fingerprint density at radius 3 is 2.73 bits per heavy atom. The van der Waals surface area contributed by atoms with Crippen molar-refractivity contribution in [1.82, 2.24) is 9.88 Å². The molecule has 1 amide bonds.